The van der Waals surface area contributed by atoms with Gasteiger partial charge in [-0.2, -0.15) is 0 Å². The van der Waals surface area contributed by atoms with Gasteiger partial charge in [-0.1, -0.05) is 20.8 Å². The maximum Gasteiger partial charge on any atom is 0.303 e. The molecule has 16 heavy (non-hydrogen) atoms. The molecule has 1 rings (SSSR count). The highest BCUT2D eigenvalue weighted by Gasteiger charge is 2.59. The number of halogens is 2. The summed E-state index contributed by atoms with van der Waals surface area (Å²) in [5.74, 6) is -3.64. The molecule has 4 nitrogen and oxygen atoms in total. The van der Waals surface area contributed by atoms with Gasteiger partial charge in [-0.15, -0.1) is 0 Å². The van der Waals surface area contributed by atoms with Gasteiger partial charge in [0.25, 0.3) is 0 Å². The lowest BCUT2D eigenvalue weighted by Crippen LogP contribution is -2.65. The van der Waals surface area contributed by atoms with Gasteiger partial charge in [0.2, 0.25) is 0 Å². The van der Waals surface area contributed by atoms with Crippen LogP contribution in [0.4, 0.5) is 8.78 Å². The van der Waals surface area contributed by atoms with Crippen molar-refractivity contribution in [2.24, 2.45) is 5.41 Å². The molecule has 0 aromatic carbocycles. The Balaban J connectivity index is 2.97. The van der Waals surface area contributed by atoms with Crippen LogP contribution in [0, 0.1) is 5.41 Å². The molecule has 0 aromatic rings. The summed E-state index contributed by atoms with van der Waals surface area (Å²) in [5.41, 5.74) is -0.607. The molecule has 0 spiro atoms. The van der Waals surface area contributed by atoms with Crippen molar-refractivity contribution >= 4 is 0 Å². The van der Waals surface area contributed by atoms with Gasteiger partial charge in [0, 0.05) is 0 Å². The summed E-state index contributed by atoms with van der Waals surface area (Å²) in [7, 11) is 0. The van der Waals surface area contributed by atoms with E-state index in [1.807, 2.05) is 0 Å². The lowest BCUT2D eigenvalue weighted by Gasteiger charge is -2.46. The molecule has 6 heteroatoms. The maximum absolute atomic E-state index is 13.4. The fourth-order valence-corrected chi connectivity index (χ4v) is 1.81. The first-order valence-corrected chi connectivity index (χ1v) is 5.12. The van der Waals surface area contributed by atoms with Crippen molar-refractivity contribution in [2.45, 2.75) is 51.1 Å². The molecular weight excluding hydrogens is 222 g/mol. The van der Waals surface area contributed by atoms with E-state index >= 15 is 0 Å². The third-order valence-electron chi connectivity index (χ3n) is 2.79. The van der Waals surface area contributed by atoms with Crippen LogP contribution < -0.4 is 0 Å². The Labute approximate surface area is 92.8 Å². The van der Waals surface area contributed by atoms with E-state index in [1.165, 1.54) is 0 Å². The summed E-state index contributed by atoms with van der Waals surface area (Å²) in [5, 5.41) is 27.8. The Morgan fingerprint density at radius 1 is 1.25 bits per heavy atom. The molecule has 96 valence electrons. The summed E-state index contributed by atoms with van der Waals surface area (Å²) in [6, 6.07) is 0. The lowest BCUT2D eigenvalue weighted by atomic mass is 9.80. The summed E-state index contributed by atoms with van der Waals surface area (Å²) >= 11 is 0. The maximum atomic E-state index is 13.4. The van der Waals surface area contributed by atoms with Gasteiger partial charge >= 0.3 is 5.92 Å². The molecule has 1 aliphatic rings. The second-order valence-electron chi connectivity index (χ2n) is 5.20. The average molecular weight is 240 g/mol. The van der Waals surface area contributed by atoms with E-state index in [0.717, 1.165) is 0 Å². The number of alkyl halides is 2. The van der Waals surface area contributed by atoms with Crippen LogP contribution in [-0.4, -0.2) is 52.3 Å². The van der Waals surface area contributed by atoms with Crippen molar-refractivity contribution in [2.75, 3.05) is 6.61 Å². The summed E-state index contributed by atoms with van der Waals surface area (Å²) < 4.78 is 31.7. The third-order valence-corrected chi connectivity index (χ3v) is 2.79. The van der Waals surface area contributed by atoms with E-state index in [4.69, 9.17) is 9.84 Å². The Bertz CT molecular complexity index is 248. The summed E-state index contributed by atoms with van der Waals surface area (Å²) in [4.78, 5) is 0. The normalized spacial score (nSPS) is 39.8. The smallest absolute Gasteiger partial charge is 0.303 e. The van der Waals surface area contributed by atoms with Crippen LogP contribution in [0.3, 0.4) is 0 Å². The van der Waals surface area contributed by atoms with E-state index in [-0.39, 0.29) is 0 Å². The van der Waals surface area contributed by atoms with E-state index in [9.17, 15) is 19.0 Å². The molecule has 0 aromatic heterocycles. The van der Waals surface area contributed by atoms with E-state index in [0.29, 0.717) is 0 Å². The van der Waals surface area contributed by atoms with Crippen molar-refractivity contribution in [3.8, 4) is 0 Å². The van der Waals surface area contributed by atoms with E-state index in [1.54, 1.807) is 20.8 Å². The zero-order chi connectivity index (χ0) is 12.7. The standard InChI is InChI=1S/C10H18F2O4/c1-9(2,3)8-6(14)7(15)10(11,12)5(4-13)16-8/h5-8,13-15H,4H2,1-3H3. The van der Waals surface area contributed by atoms with Crippen LogP contribution in [-0.2, 0) is 4.74 Å². The van der Waals surface area contributed by atoms with Gasteiger partial charge in [0.1, 0.15) is 18.3 Å². The van der Waals surface area contributed by atoms with Crippen LogP contribution in [0.25, 0.3) is 0 Å². The van der Waals surface area contributed by atoms with Crippen LogP contribution in [0.2, 0.25) is 0 Å². The molecule has 0 aliphatic carbocycles. The topological polar surface area (TPSA) is 69.9 Å². The van der Waals surface area contributed by atoms with Crippen molar-refractivity contribution < 1.29 is 28.8 Å². The minimum atomic E-state index is -3.64. The highest BCUT2D eigenvalue weighted by Crippen LogP contribution is 2.39. The first kappa shape index (κ1) is 13.8. The van der Waals surface area contributed by atoms with Crippen LogP contribution >= 0.6 is 0 Å². The largest absolute Gasteiger partial charge is 0.393 e. The fourth-order valence-electron chi connectivity index (χ4n) is 1.81. The molecule has 1 heterocycles. The number of aliphatic hydroxyl groups excluding tert-OH is 3. The summed E-state index contributed by atoms with van der Waals surface area (Å²) in [6.45, 7) is 4.20. The second-order valence-corrected chi connectivity index (χ2v) is 5.20. The van der Waals surface area contributed by atoms with Gasteiger partial charge in [-0.25, -0.2) is 8.78 Å². The monoisotopic (exact) mass is 240 g/mol. The van der Waals surface area contributed by atoms with E-state index < -0.39 is 42.4 Å². The Hall–Kier alpha value is -0.300. The predicted molar refractivity (Wildman–Crippen MR) is 52.2 cm³/mol. The quantitative estimate of drug-likeness (QED) is 0.610. The molecule has 1 aliphatic heterocycles. The number of aliphatic hydroxyl groups is 3. The highest BCUT2D eigenvalue weighted by atomic mass is 19.3. The first-order valence-electron chi connectivity index (χ1n) is 5.12. The van der Waals surface area contributed by atoms with Crippen LogP contribution in [0.1, 0.15) is 20.8 Å². The van der Waals surface area contributed by atoms with Gasteiger partial charge in [0.15, 0.2) is 0 Å². The molecule has 1 saturated heterocycles. The SMILES string of the molecule is CC(C)(C)C1OC(CO)C(F)(F)C(O)C1O. The number of ether oxygens (including phenoxy) is 1. The zero-order valence-electron chi connectivity index (χ0n) is 9.52. The molecule has 3 N–H and O–H groups in total. The van der Waals surface area contributed by atoms with Crippen molar-refractivity contribution in [1.29, 1.82) is 0 Å². The molecule has 0 bridgehead atoms. The lowest BCUT2D eigenvalue weighted by molar-refractivity contribution is -0.308. The van der Waals surface area contributed by atoms with Crippen molar-refractivity contribution in [3.05, 3.63) is 0 Å². The molecule has 0 saturated carbocycles. The van der Waals surface area contributed by atoms with Crippen LogP contribution in [0.5, 0.6) is 0 Å². The van der Waals surface area contributed by atoms with Crippen LogP contribution in [0.15, 0.2) is 0 Å². The van der Waals surface area contributed by atoms with Gasteiger partial charge in [-0.3, -0.25) is 0 Å². The Morgan fingerprint density at radius 2 is 1.75 bits per heavy atom. The summed E-state index contributed by atoms with van der Waals surface area (Å²) in [6.07, 6.45) is -6.62. The zero-order valence-corrected chi connectivity index (χ0v) is 9.52. The van der Waals surface area contributed by atoms with Crippen molar-refractivity contribution in [1.82, 2.24) is 0 Å². The fraction of sp³-hybridized carbons (Fsp3) is 1.00. The van der Waals surface area contributed by atoms with Gasteiger partial charge in [0.05, 0.1) is 12.7 Å². The Kier molecular flexibility index (Phi) is 3.59. The third kappa shape index (κ3) is 2.20. The number of hydrogen-bond acceptors (Lipinski definition) is 4. The average Bonchev–Trinajstić information content (AvgIpc) is 2.13. The minimum absolute atomic E-state index is 0.607. The van der Waals surface area contributed by atoms with E-state index in [2.05, 4.69) is 0 Å². The molecule has 4 atom stereocenters. The minimum Gasteiger partial charge on any atom is -0.393 e. The molecule has 0 radical (unpaired) electrons. The van der Waals surface area contributed by atoms with Crippen molar-refractivity contribution in [3.63, 3.8) is 0 Å². The molecule has 0 amide bonds. The highest BCUT2D eigenvalue weighted by molar-refractivity contribution is 5.00. The number of hydrogen-bond donors (Lipinski definition) is 3. The predicted octanol–water partition coefficient (Wildman–Crippen LogP) is 0.149. The second kappa shape index (κ2) is 4.18. The Morgan fingerprint density at radius 3 is 2.12 bits per heavy atom. The molecule has 1 fully saturated rings. The van der Waals surface area contributed by atoms with Gasteiger partial charge in [-0.05, 0) is 5.41 Å². The van der Waals surface area contributed by atoms with Gasteiger partial charge < -0.3 is 20.1 Å². The molecule has 4 unspecified atom stereocenters. The molecular formula is C10H18F2O4. The number of rotatable bonds is 1. The first-order chi connectivity index (χ1) is 7.12.